The highest BCUT2D eigenvalue weighted by molar-refractivity contribution is 6.19. The van der Waals surface area contributed by atoms with Crippen LogP contribution in [0.25, 0.3) is 0 Å². The van der Waals surface area contributed by atoms with Gasteiger partial charge in [0.25, 0.3) is 0 Å². The second kappa shape index (κ2) is 5.38. The van der Waals surface area contributed by atoms with Crippen molar-refractivity contribution in [3.05, 3.63) is 0 Å². The van der Waals surface area contributed by atoms with Gasteiger partial charge in [-0.2, -0.15) is 0 Å². The molecule has 66 valence electrons. The van der Waals surface area contributed by atoms with Crippen molar-refractivity contribution in [2.75, 3.05) is 12.5 Å². The molecule has 0 aromatic carbocycles. The molecular formula is C7H13ClO3. The van der Waals surface area contributed by atoms with Crippen molar-refractivity contribution in [3.63, 3.8) is 0 Å². The second-order valence-corrected chi connectivity index (χ2v) is 2.83. The number of carbonyl (C=O) groups is 1. The summed E-state index contributed by atoms with van der Waals surface area (Å²) in [6, 6.07) is 0. The standard InChI is InChI=1S/C7H13ClO3/c1-5(2)11-7(10)6(3-8)4-9/h5-6,9H,3-4H2,1-2H3/t6-/m1/s1. The third kappa shape index (κ3) is 4.22. The molecule has 0 fully saturated rings. The summed E-state index contributed by atoms with van der Waals surface area (Å²) < 4.78 is 4.81. The van der Waals surface area contributed by atoms with Gasteiger partial charge in [0.2, 0.25) is 0 Å². The summed E-state index contributed by atoms with van der Waals surface area (Å²) >= 11 is 5.39. The first-order valence-electron chi connectivity index (χ1n) is 3.49. The zero-order chi connectivity index (χ0) is 8.85. The van der Waals surface area contributed by atoms with Gasteiger partial charge in [-0.25, -0.2) is 0 Å². The zero-order valence-electron chi connectivity index (χ0n) is 6.71. The van der Waals surface area contributed by atoms with E-state index < -0.39 is 11.9 Å². The van der Waals surface area contributed by atoms with Crippen LogP contribution in [0.1, 0.15) is 13.8 Å². The van der Waals surface area contributed by atoms with Crippen molar-refractivity contribution in [3.8, 4) is 0 Å². The molecule has 0 aromatic rings. The van der Waals surface area contributed by atoms with Crippen LogP contribution in [0.3, 0.4) is 0 Å². The fourth-order valence-corrected chi connectivity index (χ4v) is 0.738. The maximum atomic E-state index is 10.9. The molecule has 11 heavy (non-hydrogen) atoms. The molecule has 1 N–H and O–H groups in total. The number of alkyl halides is 1. The van der Waals surface area contributed by atoms with Crippen LogP contribution in [0, 0.1) is 5.92 Å². The molecule has 4 heteroatoms. The van der Waals surface area contributed by atoms with Crippen molar-refractivity contribution in [1.29, 1.82) is 0 Å². The maximum absolute atomic E-state index is 10.9. The lowest BCUT2D eigenvalue weighted by atomic mass is 10.2. The van der Waals surface area contributed by atoms with Crippen LogP contribution in [-0.4, -0.2) is 29.7 Å². The number of hydrogen-bond acceptors (Lipinski definition) is 3. The molecule has 0 spiro atoms. The molecule has 0 rings (SSSR count). The van der Waals surface area contributed by atoms with Gasteiger partial charge in [-0.3, -0.25) is 4.79 Å². The van der Waals surface area contributed by atoms with Crippen molar-refractivity contribution in [2.45, 2.75) is 20.0 Å². The quantitative estimate of drug-likeness (QED) is 0.514. The Labute approximate surface area is 71.3 Å². The number of ether oxygens (including phenoxy) is 1. The molecule has 0 aliphatic carbocycles. The monoisotopic (exact) mass is 180 g/mol. The van der Waals surface area contributed by atoms with Crippen LogP contribution in [0.4, 0.5) is 0 Å². The first kappa shape index (κ1) is 10.7. The number of aliphatic hydroxyl groups excluding tert-OH is 1. The van der Waals surface area contributed by atoms with Crippen LogP contribution in [0.5, 0.6) is 0 Å². The van der Waals surface area contributed by atoms with Gasteiger partial charge in [0.1, 0.15) is 0 Å². The molecule has 0 radical (unpaired) electrons. The molecule has 3 nitrogen and oxygen atoms in total. The number of rotatable bonds is 4. The number of aliphatic hydroxyl groups is 1. The summed E-state index contributed by atoms with van der Waals surface area (Å²) in [6.07, 6.45) is -0.153. The summed E-state index contributed by atoms with van der Waals surface area (Å²) in [5.41, 5.74) is 0. The van der Waals surface area contributed by atoms with Crippen molar-refractivity contribution in [2.24, 2.45) is 5.92 Å². The molecule has 0 bridgehead atoms. The van der Waals surface area contributed by atoms with Gasteiger partial charge in [-0.1, -0.05) is 0 Å². The predicted octanol–water partition coefficient (Wildman–Crippen LogP) is 0.785. The van der Waals surface area contributed by atoms with Gasteiger partial charge in [0, 0.05) is 5.88 Å². The predicted molar refractivity (Wildman–Crippen MR) is 42.5 cm³/mol. The van der Waals surface area contributed by atoms with E-state index in [0.717, 1.165) is 0 Å². The fourth-order valence-electron chi connectivity index (χ4n) is 0.515. The van der Waals surface area contributed by atoms with Gasteiger partial charge in [0.05, 0.1) is 18.6 Å². The van der Waals surface area contributed by atoms with Crippen LogP contribution in [-0.2, 0) is 9.53 Å². The zero-order valence-corrected chi connectivity index (χ0v) is 7.47. The Morgan fingerprint density at radius 1 is 1.64 bits per heavy atom. The molecule has 0 aliphatic rings. The molecule has 0 heterocycles. The van der Waals surface area contributed by atoms with Crippen molar-refractivity contribution >= 4 is 17.6 Å². The van der Waals surface area contributed by atoms with E-state index in [4.69, 9.17) is 21.4 Å². The van der Waals surface area contributed by atoms with Crippen LogP contribution < -0.4 is 0 Å². The molecule has 0 aromatic heterocycles. The van der Waals surface area contributed by atoms with E-state index in [9.17, 15) is 4.79 Å². The van der Waals surface area contributed by atoms with E-state index in [2.05, 4.69) is 0 Å². The van der Waals surface area contributed by atoms with Crippen molar-refractivity contribution in [1.82, 2.24) is 0 Å². The van der Waals surface area contributed by atoms with E-state index in [0.29, 0.717) is 0 Å². The van der Waals surface area contributed by atoms with Crippen molar-refractivity contribution < 1.29 is 14.6 Å². The van der Waals surface area contributed by atoms with Gasteiger partial charge in [-0.15, -0.1) is 11.6 Å². The normalized spacial score (nSPS) is 13.2. The Balaban J connectivity index is 3.79. The lowest BCUT2D eigenvalue weighted by molar-refractivity contribution is -0.152. The Bertz CT molecular complexity index is 121. The summed E-state index contributed by atoms with van der Waals surface area (Å²) in [5, 5.41) is 8.62. The average Bonchev–Trinajstić information content (AvgIpc) is 1.88. The summed E-state index contributed by atoms with van der Waals surface area (Å²) in [4.78, 5) is 10.9. The van der Waals surface area contributed by atoms with E-state index in [-0.39, 0.29) is 18.6 Å². The van der Waals surface area contributed by atoms with Crippen LogP contribution in [0.2, 0.25) is 0 Å². The molecule has 0 saturated heterocycles. The third-order valence-corrected chi connectivity index (χ3v) is 1.46. The minimum Gasteiger partial charge on any atom is -0.463 e. The van der Waals surface area contributed by atoms with E-state index in [1.807, 2.05) is 0 Å². The Kier molecular flexibility index (Phi) is 5.24. The Hall–Kier alpha value is -0.280. The number of hydrogen-bond donors (Lipinski definition) is 1. The van der Waals surface area contributed by atoms with Gasteiger partial charge >= 0.3 is 5.97 Å². The second-order valence-electron chi connectivity index (χ2n) is 2.52. The van der Waals surface area contributed by atoms with E-state index in [1.165, 1.54) is 0 Å². The van der Waals surface area contributed by atoms with Crippen LogP contribution in [0.15, 0.2) is 0 Å². The van der Waals surface area contributed by atoms with Gasteiger partial charge in [-0.05, 0) is 13.8 Å². The number of esters is 1. The smallest absolute Gasteiger partial charge is 0.312 e. The minimum atomic E-state index is -0.584. The molecule has 0 amide bonds. The number of carbonyl (C=O) groups excluding carboxylic acids is 1. The first-order valence-corrected chi connectivity index (χ1v) is 4.02. The molecule has 0 saturated carbocycles. The van der Waals surface area contributed by atoms with Gasteiger partial charge < -0.3 is 9.84 Å². The van der Waals surface area contributed by atoms with E-state index >= 15 is 0 Å². The third-order valence-electron chi connectivity index (χ3n) is 1.09. The average molecular weight is 181 g/mol. The minimum absolute atomic E-state index is 0.0993. The van der Waals surface area contributed by atoms with Crippen LogP contribution >= 0.6 is 11.6 Å². The fraction of sp³-hybridized carbons (Fsp3) is 0.857. The van der Waals surface area contributed by atoms with Gasteiger partial charge in [0.15, 0.2) is 0 Å². The molecule has 1 atom stereocenters. The van der Waals surface area contributed by atoms with E-state index in [1.54, 1.807) is 13.8 Å². The largest absolute Gasteiger partial charge is 0.463 e. The first-order chi connectivity index (χ1) is 5.11. The number of halogens is 1. The summed E-state index contributed by atoms with van der Waals surface area (Å²) in [5.74, 6) is -0.918. The highest BCUT2D eigenvalue weighted by Gasteiger charge is 2.18. The SMILES string of the molecule is CC(C)OC(=O)[C@@H](CO)CCl. The molecule has 0 aliphatic heterocycles. The molecule has 0 unspecified atom stereocenters. The Morgan fingerprint density at radius 2 is 2.18 bits per heavy atom. The lowest BCUT2D eigenvalue weighted by Gasteiger charge is -2.12. The summed E-state index contributed by atoms with van der Waals surface area (Å²) in [7, 11) is 0. The Morgan fingerprint density at radius 3 is 2.45 bits per heavy atom. The maximum Gasteiger partial charge on any atom is 0.312 e. The highest BCUT2D eigenvalue weighted by atomic mass is 35.5. The molecular weight excluding hydrogens is 168 g/mol. The topological polar surface area (TPSA) is 46.5 Å². The lowest BCUT2D eigenvalue weighted by Crippen LogP contribution is -2.25. The highest BCUT2D eigenvalue weighted by Crippen LogP contribution is 2.03. The summed E-state index contributed by atoms with van der Waals surface area (Å²) in [6.45, 7) is 3.25.